The number of esters is 1. The third-order valence-electron chi connectivity index (χ3n) is 2.84. The molecule has 0 spiro atoms. The second kappa shape index (κ2) is 9.08. The quantitative estimate of drug-likeness (QED) is 0.406. The van der Waals surface area contributed by atoms with Gasteiger partial charge in [0.2, 0.25) is 0 Å². The molecule has 0 bridgehead atoms. The van der Waals surface area contributed by atoms with Crippen molar-refractivity contribution in [2.45, 2.75) is 20.0 Å². The van der Waals surface area contributed by atoms with E-state index in [0.717, 1.165) is 32.8 Å². The largest absolute Gasteiger partial charge is 0.463 e. The number of nitrogens with zero attached hydrogens (tertiary/aromatic N) is 1. The van der Waals surface area contributed by atoms with Crippen LogP contribution in [0.15, 0.2) is 12.2 Å². The summed E-state index contributed by atoms with van der Waals surface area (Å²) in [6, 6.07) is 0. The van der Waals surface area contributed by atoms with Gasteiger partial charge in [-0.2, -0.15) is 0 Å². The Kier molecular flexibility index (Phi) is 7.64. The number of carbonyl (C=O) groups is 1. The van der Waals surface area contributed by atoms with Crippen molar-refractivity contribution in [3.63, 3.8) is 0 Å². The van der Waals surface area contributed by atoms with Crippen molar-refractivity contribution in [2.24, 2.45) is 0 Å². The van der Waals surface area contributed by atoms with Crippen molar-refractivity contribution >= 4 is 5.97 Å². The van der Waals surface area contributed by atoms with E-state index in [0.29, 0.717) is 13.2 Å². The molecule has 1 atom stereocenters. The highest BCUT2D eigenvalue weighted by atomic mass is 16.5. The summed E-state index contributed by atoms with van der Waals surface area (Å²) in [5.74, 6) is -0.287. The van der Waals surface area contributed by atoms with E-state index in [1.165, 1.54) is 6.08 Å². The highest BCUT2D eigenvalue weighted by molar-refractivity contribution is 5.81. The Morgan fingerprint density at radius 1 is 1.56 bits per heavy atom. The normalized spacial score (nSPS) is 21.3. The maximum Gasteiger partial charge on any atom is 0.330 e. The van der Waals surface area contributed by atoms with Gasteiger partial charge in [-0.15, -0.1) is 0 Å². The molecule has 1 fully saturated rings. The molecule has 0 radical (unpaired) electrons. The van der Waals surface area contributed by atoms with Gasteiger partial charge in [0.05, 0.1) is 19.3 Å². The number of morpholine rings is 1. The molecule has 1 aliphatic heterocycles. The number of rotatable bonds is 7. The number of ether oxygens (including phenoxy) is 2. The van der Waals surface area contributed by atoms with Gasteiger partial charge in [0, 0.05) is 32.3 Å². The number of likely N-dealkylation sites (N-methyl/N-ethyl adjacent to an activating group) is 1. The molecular formula is C13H24N2O3. The van der Waals surface area contributed by atoms with Crippen LogP contribution in [0.2, 0.25) is 0 Å². The van der Waals surface area contributed by atoms with E-state index < -0.39 is 0 Å². The Bertz CT molecular complexity index is 269. The summed E-state index contributed by atoms with van der Waals surface area (Å²) in [7, 11) is 0. The van der Waals surface area contributed by atoms with Gasteiger partial charge < -0.3 is 14.8 Å². The highest BCUT2D eigenvalue weighted by Gasteiger charge is 2.18. The summed E-state index contributed by atoms with van der Waals surface area (Å²) < 4.78 is 10.4. The molecule has 0 saturated carbocycles. The molecule has 0 amide bonds. The van der Waals surface area contributed by atoms with Gasteiger partial charge in [0.25, 0.3) is 0 Å². The molecule has 1 N–H and O–H groups in total. The summed E-state index contributed by atoms with van der Waals surface area (Å²) in [6.07, 6.45) is 3.48. The highest BCUT2D eigenvalue weighted by Crippen LogP contribution is 2.03. The SMILES string of the molecule is CCOC(=O)/C=C/CNCC1CN(CC)CCO1. The van der Waals surface area contributed by atoms with E-state index in [9.17, 15) is 4.79 Å². The maximum absolute atomic E-state index is 11.0. The van der Waals surface area contributed by atoms with E-state index >= 15 is 0 Å². The third-order valence-corrected chi connectivity index (χ3v) is 2.84. The minimum atomic E-state index is -0.287. The molecule has 5 nitrogen and oxygen atoms in total. The first kappa shape index (κ1) is 15.1. The van der Waals surface area contributed by atoms with E-state index in [4.69, 9.17) is 9.47 Å². The summed E-state index contributed by atoms with van der Waals surface area (Å²) in [5, 5.41) is 3.25. The van der Waals surface area contributed by atoms with Gasteiger partial charge in [-0.25, -0.2) is 4.79 Å². The molecule has 0 aliphatic carbocycles. The minimum Gasteiger partial charge on any atom is -0.463 e. The first-order valence-corrected chi connectivity index (χ1v) is 6.64. The molecule has 1 heterocycles. The van der Waals surface area contributed by atoms with Gasteiger partial charge in [-0.05, 0) is 13.5 Å². The Labute approximate surface area is 109 Å². The summed E-state index contributed by atoms with van der Waals surface area (Å²) in [6.45, 7) is 9.72. The van der Waals surface area contributed by atoms with Crippen molar-refractivity contribution in [3.8, 4) is 0 Å². The van der Waals surface area contributed by atoms with Crippen LogP contribution in [0.25, 0.3) is 0 Å². The van der Waals surface area contributed by atoms with Crippen LogP contribution in [0.1, 0.15) is 13.8 Å². The Hall–Kier alpha value is -0.910. The van der Waals surface area contributed by atoms with E-state index in [2.05, 4.69) is 17.1 Å². The molecule has 5 heteroatoms. The zero-order valence-corrected chi connectivity index (χ0v) is 11.4. The van der Waals surface area contributed by atoms with Crippen LogP contribution in [0.3, 0.4) is 0 Å². The van der Waals surface area contributed by atoms with Crippen LogP contribution < -0.4 is 5.32 Å². The van der Waals surface area contributed by atoms with Crippen LogP contribution in [0.5, 0.6) is 0 Å². The van der Waals surface area contributed by atoms with Crippen molar-refractivity contribution in [3.05, 3.63) is 12.2 Å². The lowest BCUT2D eigenvalue weighted by molar-refractivity contribution is -0.137. The predicted octanol–water partition coefficient (Wildman–Crippen LogP) is 0.416. The van der Waals surface area contributed by atoms with Crippen LogP contribution in [0.4, 0.5) is 0 Å². The lowest BCUT2D eigenvalue weighted by atomic mass is 10.2. The second-order valence-electron chi connectivity index (χ2n) is 4.20. The Morgan fingerprint density at radius 3 is 3.11 bits per heavy atom. The fourth-order valence-electron chi connectivity index (χ4n) is 1.86. The molecule has 104 valence electrons. The fourth-order valence-corrected chi connectivity index (χ4v) is 1.86. The lowest BCUT2D eigenvalue weighted by Gasteiger charge is -2.32. The van der Waals surface area contributed by atoms with Gasteiger partial charge in [-0.1, -0.05) is 13.0 Å². The monoisotopic (exact) mass is 256 g/mol. The van der Waals surface area contributed by atoms with Crippen LogP contribution in [-0.2, 0) is 14.3 Å². The molecule has 1 saturated heterocycles. The van der Waals surface area contributed by atoms with Gasteiger partial charge in [-0.3, -0.25) is 4.90 Å². The molecule has 18 heavy (non-hydrogen) atoms. The molecule has 1 aliphatic rings. The molecule has 0 aromatic heterocycles. The maximum atomic E-state index is 11.0. The van der Waals surface area contributed by atoms with E-state index in [1.807, 2.05) is 0 Å². The average molecular weight is 256 g/mol. The first-order chi connectivity index (χ1) is 8.76. The molecule has 1 unspecified atom stereocenters. The van der Waals surface area contributed by atoms with Crippen molar-refractivity contribution in [1.82, 2.24) is 10.2 Å². The zero-order chi connectivity index (χ0) is 13.2. The zero-order valence-electron chi connectivity index (χ0n) is 11.4. The van der Waals surface area contributed by atoms with Crippen LogP contribution in [-0.4, -0.2) is 62.9 Å². The van der Waals surface area contributed by atoms with Gasteiger partial charge in [0.15, 0.2) is 0 Å². The molecular weight excluding hydrogens is 232 g/mol. The summed E-state index contributed by atoms with van der Waals surface area (Å²) in [5.41, 5.74) is 0. The van der Waals surface area contributed by atoms with E-state index in [-0.39, 0.29) is 12.1 Å². The van der Waals surface area contributed by atoms with Gasteiger partial charge >= 0.3 is 5.97 Å². The Morgan fingerprint density at radius 2 is 2.39 bits per heavy atom. The number of nitrogens with one attached hydrogen (secondary N) is 1. The first-order valence-electron chi connectivity index (χ1n) is 6.64. The summed E-state index contributed by atoms with van der Waals surface area (Å²) >= 11 is 0. The second-order valence-corrected chi connectivity index (χ2v) is 4.20. The summed E-state index contributed by atoms with van der Waals surface area (Å²) in [4.78, 5) is 13.4. The molecule has 0 aromatic carbocycles. The number of hydrogen-bond donors (Lipinski definition) is 1. The Balaban J connectivity index is 2.08. The molecule has 1 rings (SSSR count). The van der Waals surface area contributed by atoms with E-state index in [1.54, 1.807) is 13.0 Å². The molecule has 0 aromatic rings. The predicted molar refractivity (Wildman–Crippen MR) is 70.5 cm³/mol. The van der Waals surface area contributed by atoms with Crippen molar-refractivity contribution in [2.75, 3.05) is 45.9 Å². The smallest absolute Gasteiger partial charge is 0.330 e. The van der Waals surface area contributed by atoms with Gasteiger partial charge in [0.1, 0.15) is 0 Å². The number of hydrogen-bond acceptors (Lipinski definition) is 5. The minimum absolute atomic E-state index is 0.245. The van der Waals surface area contributed by atoms with Crippen molar-refractivity contribution < 1.29 is 14.3 Å². The average Bonchev–Trinajstić information content (AvgIpc) is 2.39. The standard InChI is InChI=1S/C13H24N2O3/c1-3-15-8-9-18-12(11-15)10-14-7-5-6-13(16)17-4-2/h5-6,12,14H,3-4,7-11H2,1-2H3/b6-5+. The number of carbonyl (C=O) groups excluding carboxylic acids is 1. The van der Waals surface area contributed by atoms with Crippen LogP contribution in [0, 0.1) is 0 Å². The topological polar surface area (TPSA) is 50.8 Å². The van der Waals surface area contributed by atoms with Crippen LogP contribution >= 0.6 is 0 Å². The fraction of sp³-hybridized carbons (Fsp3) is 0.769. The third kappa shape index (κ3) is 6.14. The van der Waals surface area contributed by atoms with Crippen molar-refractivity contribution in [1.29, 1.82) is 0 Å². The lowest BCUT2D eigenvalue weighted by Crippen LogP contribution is -2.46.